The van der Waals surface area contributed by atoms with Gasteiger partial charge in [-0.3, -0.25) is 0 Å². The summed E-state index contributed by atoms with van der Waals surface area (Å²) in [5.74, 6) is 0.523. The Kier molecular flexibility index (Phi) is 2.26. The number of aryl methyl sites for hydroxylation is 2. The molecule has 2 aromatic rings. The maximum Gasteiger partial charge on any atom is 0.355 e. The highest BCUT2D eigenvalue weighted by Gasteiger charge is 2.16. The predicted molar refractivity (Wildman–Crippen MR) is 55.9 cm³/mol. The van der Waals surface area contributed by atoms with Gasteiger partial charge in [0.2, 0.25) is 0 Å². The van der Waals surface area contributed by atoms with E-state index in [4.69, 9.17) is 9.15 Å². The number of aromatic nitrogens is 1. The molecule has 0 aliphatic carbocycles. The van der Waals surface area contributed by atoms with E-state index in [1.807, 2.05) is 20.0 Å². The van der Waals surface area contributed by atoms with Crippen LogP contribution in [0.5, 0.6) is 0 Å². The lowest BCUT2D eigenvalue weighted by molar-refractivity contribution is 0.0515. The zero-order chi connectivity index (χ0) is 11.0. The Morgan fingerprint density at radius 1 is 1.53 bits per heavy atom. The molecule has 0 bridgehead atoms. The molecule has 0 saturated carbocycles. The smallest absolute Gasteiger partial charge is 0.355 e. The van der Waals surface area contributed by atoms with Crippen LogP contribution in [-0.2, 0) is 11.8 Å². The summed E-state index contributed by atoms with van der Waals surface area (Å²) < 4.78 is 12.1. The van der Waals surface area contributed by atoms with Gasteiger partial charge < -0.3 is 13.7 Å². The summed E-state index contributed by atoms with van der Waals surface area (Å²) in [6.07, 6.45) is 0. The number of hydrogen-bond donors (Lipinski definition) is 0. The molecule has 2 aromatic heterocycles. The fraction of sp³-hybridized carbons (Fsp3) is 0.364. The Bertz CT molecular complexity index is 507. The van der Waals surface area contributed by atoms with Crippen LogP contribution in [0.3, 0.4) is 0 Å². The molecular formula is C11H13NO3. The molecule has 0 amide bonds. The quantitative estimate of drug-likeness (QED) is 0.709. The van der Waals surface area contributed by atoms with Gasteiger partial charge in [-0.25, -0.2) is 4.79 Å². The van der Waals surface area contributed by atoms with Gasteiger partial charge in [-0.05, 0) is 13.8 Å². The second-order valence-corrected chi connectivity index (χ2v) is 3.42. The Morgan fingerprint density at radius 2 is 2.27 bits per heavy atom. The normalized spacial score (nSPS) is 10.9. The van der Waals surface area contributed by atoms with E-state index < -0.39 is 0 Å². The van der Waals surface area contributed by atoms with Gasteiger partial charge in [0.25, 0.3) is 0 Å². The van der Waals surface area contributed by atoms with Gasteiger partial charge in [-0.1, -0.05) is 0 Å². The number of carbonyl (C=O) groups is 1. The van der Waals surface area contributed by atoms with Crippen LogP contribution in [0.2, 0.25) is 0 Å². The number of fused-ring (bicyclic) bond motifs is 1. The molecule has 4 heteroatoms. The molecule has 4 nitrogen and oxygen atoms in total. The molecule has 0 fully saturated rings. The van der Waals surface area contributed by atoms with Gasteiger partial charge in [0.15, 0.2) is 5.58 Å². The van der Waals surface area contributed by atoms with Crippen molar-refractivity contribution in [1.82, 2.24) is 4.57 Å². The van der Waals surface area contributed by atoms with E-state index in [1.165, 1.54) is 0 Å². The summed E-state index contributed by atoms with van der Waals surface area (Å²) in [5.41, 5.74) is 2.15. The molecule has 0 radical (unpaired) electrons. The van der Waals surface area contributed by atoms with Crippen molar-refractivity contribution in [3.05, 3.63) is 23.6 Å². The van der Waals surface area contributed by atoms with E-state index in [0.29, 0.717) is 12.3 Å². The molecule has 0 aliphatic rings. The minimum atomic E-state index is -0.316. The monoisotopic (exact) mass is 207 g/mol. The van der Waals surface area contributed by atoms with Crippen molar-refractivity contribution >= 4 is 17.1 Å². The van der Waals surface area contributed by atoms with E-state index >= 15 is 0 Å². The van der Waals surface area contributed by atoms with Crippen LogP contribution in [0, 0.1) is 6.92 Å². The molecule has 0 unspecified atom stereocenters. The Labute approximate surface area is 87.4 Å². The Balaban J connectivity index is 2.49. The van der Waals surface area contributed by atoms with Crippen molar-refractivity contribution in [2.45, 2.75) is 13.8 Å². The highest BCUT2D eigenvalue weighted by Crippen LogP contribution is 2.22. The van der Waals surface area contributed by atoms with Gasteiger partial charge in [0.1, 0.15) is 11.5 Å². The first-order valence-electron chi connectivity index (χ1n) is 4.86. The van der Waals surface area contributed by atoms with Crippen LogP contribution < -0.4 is 0 Å². The van der Waals surface area contributed by atoms with Crippen molar-refractivity contribution in [2.24, 2.45) is 7.05 Å². The summed E-state index contributed by atoms with van der Waals surface area (Å²) in [5, 5.41) is 0. The number of furan rings is 1. The lowest BCUT2D eigenvalue weighted by Crippen LogP contribution is -2.09. The standard InChI is InChI=1S/C11H13NO3/c1-4-14-11(13)9-6-10-8(12(9)3)5-7(2)15-10/h5-6H,4H2,1-3H3. The third kappa shape index (κ3) is 1.52. The maximum absolute atomic E-state index is 11.5. The zero-order valence-electron chi connectivity index (χ0n) is 9.03. The predicted octanol–water partition coefficient (Wildman–Crippen LogP) is 2.26. The van der Waals surface area contributed by atoms with Crippen LogP contribution in [0.4, 0.5) is 0 Å². The third-order valence-electron chi connectivity index (χ3n) is 2.34. The van der Waals surface area contributed by atoms with Crippen molar-refractivity contribution in [3.63, 3.8) is 0 Å². The molecule has 0 spiro atoms. The van der Waals surface area contributed by atoms with Crippen molar-refractivity contribution in [1.29, 1.82) is 0 Å². The summed E-state index contributed by atoms with van der Waals surface area (Å²) >= 11 is 0. The summed E-state index contributed by atoms with van der Waals surface area (Å²) in [4.78, 5) is 11.5. The first-order chi connectivity index (χ1) is 7.13. The summed E-state index contributed by atoms with van der Waals surface area (Å²) in [7, 11) is 1.82. The molecule has 0 N–H and O–H groups in total. The lowest BCUT2D eigenvalue weighted by Gasteiger charge is -2.02. The number of carbonyl (C=O) groups excluding carboxylic acids is 1. The fourth-order valence-electron chi connectivity index (χ4n) is 1.64. The zero-order valence-corrected chi connectivity index (χ0v) is 9.03. The van der Waals surface area contributed by atoms with Gasteiger partial charge in [0, 0.05) is 19.2 Å². The van der Waals surface area contributed by atoms with E-state index in [0.717, 1.165) is 16.9 Å². The molecule has 15 heavy (non-hydrogen) atoms. The van der Waals surface area contributed by atoms with Crippen LogP contribution in [0.1, 0.15) is 23.2 Å². The first kappa shape index (κ1) is 9.83. The van der Waals surface area contributed by atoms with Gasteiger partial charge in [0.05, 0.1) is 12.1 Å². The second-order valence-electron chi connectivity index (χ2n) is 3.42. The van der Waals surface area contributed by atoms with E-state index in [2.05, 4.69) is 0 Å². The number of ether oxygens (including phenoxy) is 1. The van der Waals surface area contributed by atoms with Gasteiger partial charge in [-0.15, -0.1) is 0 Å². The molecular weight excluding hydrogens is 194 g/mol. The van der Waals surface area contributed by atoms with Crippen molar-refractivity contribution in [3.8, 4) is 0 Å². The molecule has 80 valence electrons. The Morgan fingerprint density at radius 3 is 2.87 bits per heavy atom. The first-order valence-corrected chi connectivity index (χ1v) is 4.86. The topological polar surface area (TPSA) is 44.4 Å². The fourth-order valence-corrected chi connectivity index (χ4v) is 1.64. The molecule has 0 aliphatic heterocycles. The van der Waals surface area contributed by atoms with E-state index in [-0.39, 0.29) is 5.97 Å². The molecule has 2 rings (SSSR count). The van der Waals surface area contributed by atoms with Gasteiger partial charge >= 0.3 is 5.97 Å². The maximum atomic E-state index is 11.5. The molecule has 0 atom stereocenters. The largest absolute Gasteiger partial charge is 0.461 e. The van der Waals surface area contributed by atoms with Crippen molar-refractivity contribution < 1.29 is 13.9 Å². The van der Waals surface area contributed by atoms with Gasteiger partial charge in [-0.2, -0.15) is 0 Å². The third-order valence-corrected chi connectivity index (χ3v) is 2.34. The number of hydrogen-bond acceptors (Lipinski definition) is 3. The number of esters is 1. The minimum Gasteiger partial charge on any atom is -0.461 e. The average molecular weight is 207 g/mol. The SMILES string of the molecule is CCOC(=O)c1cc2oc(C)cc2n1C. The highest BCUT2D eigenvalue weighted by molar-refractivity contribution is 5.94. The summed E-state index contributed by atoms with van der Waals surface area (Å²) in [6.45, 7) is 4.05. The Hall–Kier alpha value is -1.71. The van der Waals surface area contributed by atoms with Crippen LogP contribution in [0.25, 0.3) is 11.1 Å². The van der Waals surface area contributed by atoms with Crippen LogP contribution in [-0.4, -0.2) is 17.1 Å². The number of rotatable bonds is 2. The van der Waals surface area contributed by atoms with Crippen LogP contribution >= 0.6 is 0 Å². The average Bonchev–Trinajstić information content (AvgIpc) is 2.66. The summed E-state index contributed by atoms with van der Waals surface area (Å²) in [6, 6.07) is 3.61. The molecule has 0 saturated heterocycles. The minimum absolute atomic E-state index is 0.316. The highest BCUT2D eigenvalue weighted by atomic mass is 16.5. The number of nitrogens with zero attached hydrogens (tertiary/aromatic N) is 1. The van der Waals surface area contributed by atoms with Crippen LogP contribution in [0.15, 0.2) is 16.5 Å². The van der Waals surface area contributed by atoms with E-state index in [9.17, 15) is 4.79 Å². The molecule has 0 aromatic carbocycles. The van der Waals surface area contributed by atoms with Crippen molar-refractivity contribution in [2.75, 3.05) is 6.61 Å². The lowest BCUT2D eigenvalue weighted by atomic mass is 10.4. The second kappa shape index (κ2) is 3.46. The molecule has 2 heterocycles. The van der Waals surface area contributed by atoms with E-state index in [1.54, 1.807) is 17.6 Å².